The lowest BCUT2D eigenvalue weighted by Gasteiger charge is -2.18. The predicted molar refractivity (Wildman–Crippen MR) is 82.8 cm³/mol. The Hall–Kier alpha value is -0.580. The number of aliphatic hydroxyl groups is 1. The number of nitrogens with one attached hydrogen (secondary N) is 1. The Bertz CT molecular complexity index is 380. The summed E-state index contributed by atoms with van der Waals surface area (Å²) in [5.41, 5.74) is 1.18. The highest BCUT2D eigenvalue weighted by Gasteiger charge is 2.09. The number of aliphatic hydroxyl groups excluding tert-OH is 1. The molecule has 1 rings (SSSR count). The molecule has 1 unspecified atom stereocenters. The van der Waals surface area contributed by atoms with Crippen molar-refractivity contribution < 1.29 is 9.84 Å². The third-order valence-electron chi connectivity index (χ3n) is 3.15. The number of ether oxygens (including phenoxy) is 1. The van der Waals surface area contributed by atoms with E-state index in [2.05, 4.69) is 35.1 Å². The van der Waals surface area contributed by atoms with Crippen LogP contribution in [0.5, 0.6) is 5.75 Å². The van der Waals surface area contributed by atoms with Crippen molar-refractivity contribution in [2.45, 2.75) is 45.8 Å². The van der Waals surface area contributed by atoms with E-state index in [1.807, 2.05) is 25.1 Å². The summed E-state index contributed by atoms with van der Waals surface area (Å²) in [7, 11) is 0. The number of benzene rings is 1. The Labute approximate surface area is 124 Å². The van der Waals surface area contributed by atoms with Crippen LogP contribution in [0.1, 0.15) is 32.3 Å². The molecule has 0 aromatic heterocycles. The standard InChI is InChI=1S/C15H24BrNO2/c1-4-12(5-2)17-9-13(18)10-19-15-7-6-11(3)8-14(15)16/h6-8,12-13,17-18H,4-5,9-10H2,1-3H3. The van der Waals surface area contributed by atoms with Gasteiger partial charge in [0.05, 0.1) is 4.47 Å². The first kappa shape index (κ1) is 16.5. The lowest BCUT2D eigenvalue weighted by Crippen LogP contribution is -2.37. The molecule has 1 aromatic rings. The SMILES string of the molecule is CCC(CC)NCC(O)COc1ccc(C)cc1Br. The molecule has 1 aromatic carbocycles. The second kappa shape index (κ2) is 8.56. The van der Waals surface area contributed by atoms with Crippen molar-refractivity contribution in [3.8, 4) is 5.75 Å². The molecule has 1 atom stereocenters. The molecule has 0 radical (unpaired) electrons. The quantitative estimate of drug-likeness (QED) is 0.769. The van der Waals surface area contributed by atoms with Gasteiger partial charge < -0.3 is 15.2 Å². The van der Waals surface area contributed by atoms with E-state index >= 15 is 0 Å². The highest BCUT2D eigenvalue weighted by molar-refractivity contribution is 9.10. The minimum atomic E-state index is -0.492. The van der Waals surface area contributed by atoms with E-state index < -0.39 is 6.10 Å². The van der Waals surface area contributed by atoms with E-state index in [4.69, 9.17) is 4.74 Å². The Morgan fingerprint density at radius 3 is 2.58 bits per heavy atom. The first-order valence-corrected chi connectivity index (χ1v) is 7.66. The predicted octanol–water partition coefficient (Wildman–Crippen LogP) is 3.28. The molecule has 0 spiro atoms. The van der Waals surface area contributed by atoms with Gasteiger partial charge in [0.25, 0.3) is 0 Å². The molecule has 19 heavy (non-hydrogen) atoms. The number of rotatable bonds is 8. The van der Waals surface area contributed by atoms with Gasteiger partial charge >= 0.3 is 0 Å². The van der Waals surface area contributed by atoms with Crippen LogP contribution in [0.15, 0.2) is 22.7 Å². The first-order valence-electron chi connectivity index (χ1n) is 6.87. The topological polar surface area (TPSA) is 41.5 Å². The van der Waals surface area contributed by atoms with Crippen molar-refractivity contribution in [2.24, 2.45) is 0 Å². The van der Waals surface area contributed by atoms with Gasteiger partial charge in [0.1, 0.15) is 18.5 Å². The monoisotopic (exact) mass is 329 g/mol. The third-order valence-corrected chi connectivity index (χ3v) is 3.77. The number of hydrogen-bond acceptors (Lipinski definition) is 3. The molecule has 108 valence electrons. The molecular formula is C15H24BrNO2. The summed E-state index contributed by atoms with van der Waals surface area (Å²) >= 11 is 3.46. The van der Waals surface area contributed by atoms with Gasteiger partial charge in [-0.05, 0) is 53.4 Å². The zero-order valence-electron chi connectivity index (χ0n) is 11.9. The van der Waals surface area contributed by atoms with Crippen LogP contribution in [-0.4, -0.2) is 30.4 Å². The van der Waals surface area contributed by atoms with E-state index in [1.54, 1.807) is 0 Å². The summed E-state index contributed by atoms with van der Waals surface area (Å²) in [5.74, 6) is 0.771. The Morgan fingerprint density at radius 2 is 2.00 bits per heavy atom. The van der Waals surface area contributed by atoms with Crippen molar-refractivity contribution in [1.82, 2.24) is 5.32 Å². The van der Waals surface area contributed by atoms with Gasteiger partial charge in [0.15, 0.2) is 0 Å². The van der Waals surface area contributed by atoms with Crippen LogP contribution in [-0.2, 0) is 0 Å². The van der Waals surface area contributed by atoms with Crippen LogP contribution in [0.25, 0.3) is 0 Å². The van der Waals surface area contributed by atoms with Crippen LogP contribution >= 0.6 is 15.9 Å². The lowest BCUT2D eigenvalue weighted by molar-refractivity contribution is 0.103. The summed E-state index contributed by atoms with van der Waals surface area (Å²) in [4.78, 5) is 0. The molecular weight excluding hydrogens is 306 g/mol. The Kier molecular flexibility index (Phi) is 7.42. The van der Waals surface area contributed by atoms with Crippen LogP contribution in [0.3, 0.4) is 0 Å². The van der Waals surface area contributed by atoms with Gasteiger partial charge in [-0.25, -0.2) is 0 Å². The smallest absolute Gasteiger partial charge is 0.133 e. The Morgan fingerprint density at radius 1 is 1.32 bits per heavy atom. The molecule has 0 saturated carbocycles. The maximum atomic E-state index is 9.89. The second-order valence-corrected chi connectivity index (χ2v) is 5.67. The van der Waals surface area contributed by atoms with E-state index in [0.717, 1.165) is 23.1 Å². The zero-order chi connectivity index (χ0) is 14.3. The average molecular weight is 330 g/mol. The summed E-state index contributed by atoms with van der Waals surface area (Å²) < 4.78 is 6.54. The number of halogens is 1. The van der Waals surface area contributed by atoms with Gasteiger partial charge in [0, 0.05) is 12.6 Å². The molecule has 0 heterocycles. The fourth-order valence-electron chi connectivity index (χ4n) is 1.85. The highest BCUT2D eigenvalue weighted by Crippen LogP contribution is 2.25. The van der Waals surface area contributed by atoms with Crippen molar-refractivity contribution >= 4 is 15.9 Å². The van der Waals surface area contributed by atoms with Crippen molar-refractivity contribution in [3.63, 3.8) is 0 Å². The number of aryl methyl sites for hydroxylation is 1. The fourth-order valence-corrected chi connectivity index (χ4v) is 2.46. The lowest BCUT2D eigenvalue weighted by atomic mass is 10.1. The molecule has 0 amide bonds. The normalized spacial score (nSPS) is 12.7. The van der Waals surface area contributed by atoms with E-state index in [-0.39, 0.29) is 0 Å². The van der Waals surface area contributed by atoms with E-state index in [1.165, 1.54) is 5.56 Å². The van der Waals surface area contributed by atoms with Gasteiger partial charge in [-0.15, -0.1) is 0 Å². The summed E-state index contributed by atoms with van der Waals surface area (Å²) in [6, 6.07) is 6.39. The van der Waals surface area contributed by atoms with Gasteiger partial charge in [-0.2, -0.15) is 0 Å². The van der Waals surface area contributed by atoms with Crippen LogP contribution in [0.4, 0.5) is 0 Å². The first-order chi connectivity index (χ1) is 9.06. The summed E-state index contributed by atoms with van der Waals surface area (Å²) in [6.07, 6.45) is 1.66. The minimum absolute atomic E-state index is 0.300. The van der Waals surface area contributed by atoms with Crippen LogP contribution in [0, 0.1) is 6.92 Å². The zero-order valence-corrected chi connectivity index (χ0v) is 13.5. The molecule has 3 nitrogen and oxygen atoms in total. The maximum Gasteiger partial charge on any atom is 0.133 e. The van der Waals surface area contributed by atoms with Gasteiger partial charge in [-0.1, -0.05) is 19.9 Å². The number of hydrogen-bond donors (Lipinski definition) is 2. The molecule has 0 aliphatic carbocycles. The van der Waals surface area contributed by atoms with Crippen LogP contribution in [0.2, 0.25) is 0 Å². The van der Waals surface area contributed by atoms with Crippen molar-refractivity contribution in [1.29, 1.82) is 0 Å². The van der Waals surface area contributed by atoms with Gasteiger partial charge in [0.2, 0.25) is 0 Å². The van der Waals surface area contributed by atoms with Gasteiger partial charge in [-0.3, -0.25) is 0 Å². The maximum absolute atomic E-state index is 9.89. The third kappa shape index (κ3) is 5.93. The van der Waals surface area contributed by atoms with E-state index in [0.29, 0.717) is 19.2 Å². The molecule has 0 aliphatic heterocycles. The molecule has 2 N–H and O–H groups in total. The molecule has 0 bridgehead atoms. The summed E-state index contributed by atoms with van der Waals surface area (Å²) in [5, 5.41) is 13.2. The fraction of sp³-hybridized carbons (Fsp3) is 0.600. The average Bonchev–Trinajstić information content (AvgIpc) is 2.39. The molecule has 0 saturated heterocycles. The van der Waals surface area contributed by atoms with E-state index in [9.17, 15) is 5.11 Å². The van der Waals surface area contributed by atoms with Crippen molar-refractivity contribution in [3.05, 3.63) is 28.2 Å². The highest BCUT2D eigenvalue weighted by atomic mass is 79.9. The molecule has 4 heteroatoms. The minimum Gasteiger partial charge on any atom is -0.490 e. The summed E-state index contributed by atoms with van der Waals surface area (Å²) in [6.45, 7) is 7.19. The molecule has 0 aliphatic rings. The Balaban J connectivity index is 2.35. The van der Waals surface area contributed by atoms with Crippen molar-refractivity contribution in [2.75, 3.05) is 13.2 Å². The molecule has 0 fully saturated rings. The largest absolute Gasteiger partial charge is 0.490 e. The van der Waals surface area contributed by atoms with Crippen LogP contribution < -0.4 is 10.1 Å². The second-order valence-electron chi connectivity index (χ2n) is 4.82.